The van der Waals surface area contributed by atoms with Gasteiger partial charge in [-0.3, -0.25) is 4.79 Å². The zero-order valence-electron chi connectivity index (χ0n) is 7.17. The number of carbonyl (C=O) groups excluding carboxylic acids is 1. The van der Waals surface area contributed by atoms with Gasteiger partial charge < -0.3 is 0 Å². The van der Waals surface area contributed by atoms with Crippen molar-refractivity contribution in [3.8, 4) is 6.07 Å². The minimum absolute atomic E-state index is 0.0974. The summed E-state index contributed by atoms with van der Waals surface area (Å²) in [5, 5.41) is 8.86. The maximum atomic E-state index is 11.3. The summed E-state index contributed by atoms with van der Waals surface area (Å²) >= 11 is 5.76. The van der Waals surface area contributed by atoms with E-state index in [2.05, 4.69) is 0 Å². The van der Waals surface area contributed by atoms with Crippen LogP contribution in [0.15, 0.2) is 18.2 Å². The number of carbonyl (C=O) groups is 1. The average molecular weight is 194 g/mol. The number of hydrogen-bond donors (Lipinski definition) is 0. The van der Waals surface area contributed by atoms with E-state index in [0.717, 1.165) is 5.56 Å². The van der Waals surface area contributed by atoms with Gasteiger partial charge in [-0.25, -0.2) is 0 Å². The molecule has 0 heterocycles. The highest BCUT2D eigenvalue weighted by Gasteiger charge is 2.05. The third kappa shape index (κ3) is 2.57. The molecule has 0 saturated carbocycles. The van der Waals surface area contributed by atoms with Gasteiger partial charge >= 0.3 is 0 Å². The Bertz CT molecular complexity index is 359. The van der Waals surface area contributed by atoms with E-state index in [0.29, 0.717) is 10.6 Å². The molecule has 0 N–H and O–H groups in total. The quantitative estimate of drug-likeness (QED) is 0.678. The van der Waals surface area contributed by atoms with Crippen LogP contribution in [0, 0.1) is 18.3 Å². The molecule has 0 spiro atoms. The van der Waals surface area contributed by atoms with E-state index in [1.54, 1.807) is 18.2 Å². The zero-order valence-corrected chi connectivity index (χ0v) is 7.93. The molecule has 1 aromatic rings. The fraction of sp³-hybridized carbons (Fsp3) is 0.200. The Morgan fingerprint density at radius 1 is 1.54 bits per heavy atom. The molecule has 1 aromatic carbocycles. The highest BCUT2D eigenvalue weighted by atomic mass is 35.5. The van der Waals surface area contributed by atoms with Gasteiger partial charge in [0.1, 0.15) is 0 Å². The van der Waals surface area contributed by atoms with Crippen LogP contribution < -0.4 is 0 Å². The van der Waals surface area contributed by atoms with Crippen molar-refractivity contribution in [2.24, 2.45) is 0 Å². The SMILES string of the molecule is Cc1cc(Cl)cc(C(=O)CC#N)c1. The normalized spacial score (nSPS) is 9.31. The van der Waals surface area contributed by atoms with Crippen molar-refractivity contribution in [2.45, 2.75) is 13.3 Å². The molecule has 0 aliphatic carbocycles. The van der Waals surface area contributed by atoms with Crippen LogP contribution in [0.5, 0.6) is 0 Å². The number of nitrogens with zero attached hydrogens (tertiary/aromatic N) is 1. The molecule has 0 unspecified atom stereocenters. The lowest BCUT2D eigenvalue weighted by molar-refractivity contribution is 0.0997. The van der Waals surface area contributed by atoms with Gasteiger partial charge in [0.25, 0.3) is 0 Å². The molecule has 1 rings (SSSR count). The topological polar surface area (TPSA) is 40.9 Å². The predicted octanol–water partition coefficient (Wildman–Crippen LogP) is 2.74. The maximum absolute atomic E-state index is 11.3. The number of benzene rings is 1. The highest BCUT2D eigenvalue weighted by Crippen LogP contribution is 2.15. The van der Waals surface area contributed by atoms with Crippen LogP contribution in [0.3, 0.4) is 0 Å². The number of halogens is 1. The van der Waals surface area contributed by atoms with Gasteiger partial charge in [0, 0.05) is 10.6 Å². The Kier molecular flexibility index (Phi) is 3.05. The second kappa shape index (κ2) is 4.06. The highest BCUT2D eigenvalue weighted by molar-refractivity contribution is 6.31. The van der Waals surface area contributed by atoms with Crippen molar-refractivity contribution in [1.82, 2.24) is 0 Å². The van der Waals surface area contributed by atoms with E-state index in [1.165, 1.54) is 0 Å². The van der Waals surface area contributed by atoms with E-state index in [1.807, 2.05) is 13.0 Å². The Labute approximate surface area is 81.7 Å². The van der Waals surface area contributed by atoms with E-state index in [9.17, 15) is 4.79 Å². The number of rotatable bonds is 2. The summed E-state index contributed by atoms with van der Waals surface area (Å²) in [6.45, 7) is 1.86. The van der Waals surface area contributed by atoms with Gasteiger partial charge in [-0.2, -0.15) is 5.26 Å². The third-order valence-electron chi connectivity index (χ3n) is 1.60. The second-order valence-electron chi connectivity index (χ2n) is 2.78. The summed E-state index contributed by atoms with van der Waals surface area (Å²) in [6.07, 6.45) is -0.0974. The van der Waals surface area contributed by atoms with E-state index in [-0.39, 0.29) is 12.2 Å². The number of ketones is 1. The fourth-order valence-electron chi connectivity index (χ4n) is 1.07. The van der Waals surface area contributed by atoms with Gasteiger partial charge in [-0.15, -0.1) is 0 Å². The van der Waals surface area contributed by atoms with E-state index >= 15 is 0 Å². The fourth-order valence-corrected chi connectivity index (χ4v) is 1.36. The minimum Gasteiger partial charge on any atom is -0.293 e. The molecule has 3 heteroatoms. The van der Waals surface area contributed by atoms with Crippen molar-refractivity contribution in [3.05, 3.63) is 34.3 Å². The van der Waals surface area contributed by atoms with Crippen LogP contribution in [0.2, 0.25) is 5.02 Å². The Morgan fingerprint density at radius 2 is 2.23 bits per heavy atom. The lowest BCUT2D eigenvalue weighted by Crippen LogP contribution is -1.97. The molecule has 0 saturated heterocycles. The molecule has 13 heavy (non-hydrogen) atoms. The van der Waals surface area contributed by atoms with Crippen molar-refractivity contribution in [1.29, 1.82) is 5.26 Å². The van der Waals surface area contributed by atoms with Crippen LogP contribution in [0.4, 0.5) is 0 Å². The largest absolute Gasteiger partial charge is 0.293 e. The molecule has 0 aliphatic rings. The molecule has 0 atom stereocenters. The van der Waals surface area contributed by atoms with Gasteiger partial charge in [0.15, 0.2) is 5.78 Å². The Balaban J connectivity index is 3.02. The van der Waals surface area contributed by atoms with Crippen molar-refractivity contribution >= 4 is 17.4 Å². The molecule has 0 bridgehead atoms. The predicted molar refractivity (Wildman–Crippen MR) is 50.7 cm³/mol. The van der Waals surface area contributed by atoms with E-state index < -0.39 is 0 Å². The summed E-state index contributed by atoms with van der Waals surface area (Å²) in [6, 6.07) is 6.89. The summed E-state index contributed by atoms with van der Waals surface area (Å²) in [5.74, 6) is -0.187. The van der Waals surface area contributed by atoms with Crippen LogP contribution in [0.1, 0.15) is 22.3 Å². The number of nitriles is 1. The third-order valence-corrected chi connectivity index (χ3v) is 1.82. The molecule has 0 amide bonds. The first-order chi connectivity index (χ1) is 6.13. The van der Waals surface area contributed by atoms with Crippen molar-refractivity contribution < 1.29 is 4.79 Å². The van der Waals surface area contributed by atoms with Crippen LogP contribution in [-0.4, -0.2) is 5.78 Å². The maximum Gasteiger partial charge on any atom is 0.176 e. The molecule has 0 aromatic heterocycles. The first-order valence-corrected chi connectivity index (χ1v) is 4.18. The lowest BCUT2D eigenvalue weighted by Gasteiger charge is -1.99. The smallest absolute Gasteiger partial charge is 0.176 e. The molecular weight excluding hydrogens is 186 g/mol. The van der Waals surface area contributed by atoms with Gasteiger partial charge in [0.05, 0.1) is 12.5 Å². The van der Waals surface area contributed by atoms with Crippen LogP contribution in [0.25, 0.3) is 0 Å². The minimum atomic E-state index is -0.187. The standard InChI is InChI=1S/C10H8ClNO/c1-7-4-8(6-9(11)5-7)10(13)2-3-12/h4-6H,2H2,1H3. The molecule has 2 nitrogen and oxygen atoms in total. The van der Waals surface area contributed by atoms with Crippen LogP contribution in [-0.2, 0) is 0 Å². The van der Waals surface area contributed by atoms with E-state index in [4.69, 9.17) is 16.9 Å². The summed E-state index contributed by atoms with van der Waals surface area (Å²) in [4.78, 5) is 11.3. The molecule has 0 fully saturated rings. The summed E-state index contributed by atoms with van der Waals surface area (Å²) in [7, 11) is 0. The lowest BCUT2D eigenvalue weighted by atomic mass is 10.1. The Hall–Kier alpha value is -1.33. The molecule has 0 aliphatic heterocycles. The van der Waals surface area contributed by atoms with Gasteiger partial charge in [0.2, 0.25) is 0 Å². The number of hydrogen-bond acceptors (Lipinski definition) is 2. The van der Waals surface area contributed by atoms with Crippen molar-refractivity contribution in [3.63, 3.8) is 0 Å². The second-order valence-corrected chi connectivity index (χ2v) is 3.21. The number of Topliss-reactive ketones (excluding diaryl/α,β-unsaturated/α-hetero) is 1. The Morgan fingerprint density at radius 3 is 2.77 bits per heavy atom. The monoisotopic (exact) mass is 193 g/mol. The summed E-state index contributed by atoms with van der Waals surface area (Å²) < 4.78 is 0. The van der Waals surface area contributed by atoms with Gasteiger partial charge in [-0.1, -0.05) is 11.6 Å². The van der Waals surface area contributed by atoms with Crippen LogP contribution >= 0.6 is 11.6 Å². The summed E-state index contributed by atoms with van der Waals surface area (Å²) in [5.41, 5.74) is 1.43. The van der Waals surface area contributed by atoms with Gasteiger partial charge in [-0.05, 0) is 30.7 Å². The average Bonchev–Trinajstić information content (AvgIpc) is 2.03. The number of aryl methyl sites for hydroxylation is 1. The molecular formula is C10H8ClNO. The molecule has 0 radical (unpaired) electrons. The molecule has 66 valence electrons. The first-order valence-electron chi connectivity index (χ1n) is 3.81. The zero-order chi connectivity index (χ0) is 9.84. The first kappa shape index (κ1) is 9.76. The van der Waals surface area contributed by atoms with Crippen molar-refractivity contribution in [2.75, 3.05) is 0 Å².